The summed E-state index contributed by atoms with van der Waals surface area (Å²) in [5, 5.41) is 0.991. The third kappa shape index (κ3) is 4.18. The summed E-state index contributed by atoms with van der Waals surface area (Å²) in [4.78, 5) is 16.0. The zero-order chi connectivity index (χ0) is 19.6. The maximum Gasteiger partial charge on any atom is 0.225 e. The predicted molar refractivity (Wildman–Crippen MR) is 119 cm³/mol. The van der Waals surface area contributed by atoms with Crippen LogP contribution in [-0.4, -0.2) is 51.9 Å². The number of imidazole rings is 1. The highest BCUT2D eigenvalue weighted by Crippen LogP contribution is 2.34. The number of fused-ring (bicyclic) bond motifs is 1. The fourth-order valence-electron chi connectivity index (χ4n) is 4.20. The van der Waals surface area contributed by atoms with Crippen LogP contribution in [0.15, 0.2) is 37.1 Å². The van der Waals surface area contributed by atoms with Crippen molar-refractivity contribution in [1.82, 2.24) is 19.5 Å². The quantitative estimate of drug-likeness (QED) is 0.503. The number of ether oxygens (including phenoxy) is 2. The third-order valence-electron chi connectivity index (χ3n) is 5.80. The van der Waals surface area contributed by atoms with Crippen LogP contribution >= 0.6 is 22.6 Å². The molecule has 2 aliphatic rings. The molecule has 0 aromatic carbocycles. The smallest absolute Gasteiger partial charge is 0.225 e. The molecule has 3 aromatic rings. The van der Waals surface area contributed by atoms with E-state index in [4.69, 9.17) is 14.5 Å². The largest absolute Gasteiger partial charge is 0.474 e. The average molecular weight is 505 g/mol. The van der Waals surface area contributed by atoms with Gasteiger partial charge in [-0.25, -0.2) is 4.98 Å². The van der Waals surface area contributed by atoms with Crippen LogP contribution in [0.25, 0.3) is 10.9 Å². The van der Waals surface area contributed by atoms with Gasteiger partial charge in [-0.15, -0.1) is 0 Å². The highest BCUT2D eigenvalue weighted by molar-refractivity contribution is 14.1. The van der Waals surface area contributed by atoms with Crippen molar-refractivity contribution in [3.05, 3.63) is 40.6 Å². The van der Waals surface area contributed by atoms with Crippen LogP contribution in [0.4, 0.5) is 5.82 Å². The lowest BCUT2D eigenvalue weighted by molar-refractivity contribution is 0.121. The number of hydrogen-bond donors (Lipinski definition) is 0. The Balaban J connectivity index is 1.38. The molecular weight excluding hydrogens is 481 g/mol. The maximum atomic E-state index is 6.48. The molecule has 1 aliphatic heterocycles. The Morgan fingerprint density at radius 3 is 2.69 bits per heavy atom. The summed E-state index contributed by atoms with van der Waals surface area (Å²) in [6.45, 7) is 3.15. The van der Waals surface area contributed by atoms with Crippen molar-refractivity contribution in [3.63, 3.8) is 0 Å². The normalized spacial score (nSPS) is 22.7. The van der Waals surface area contributed by atoms with E-state index in [9.17, 15) is 0 Å². The Bertz CT molecular complexity index is 967. The van der Waals surface area contributed by atoms with Crippen LogP contribution in [0.1, 0.15) is 31.7 Å². The summed E-state index contributed by atoms with van der Waals surface area (Å²) in [5.41, 5.74) is 0.934. The summed E-state index contributed by atoms with van der Waals surface area (Å²) >= 11 is 2.29. The van der Waals surface area contributed by atoms with Crippen LogP contribution < -0.4 is 9.64 Å². The van der Waals surface area contributed by atoms with Crippen molar-refractivity contribution in [2.24, 2.45) is 0 Å². The summed E-state index contributed by atoms with van der Waals surface area (Å²) in [5.74, 6) is 1.64. The minimum Gasteiger partial charge on any atom is -0.474 e. The van der Waals surface area contributed by atoms with Crippen LogP contribution in [-0.2, 0) is 4.74 Å². The fourth-order valence-corrected chi connectivity index (χ4v) is 4.65. The highest BCUT2D eigenvalue weighted by Gasteiger charge is 2.25. The van der Waals surface area contributed by atoms with E-state index in [2.05, 4.69) is 60.4 Å². The lowest BCUT2D eigenvalue weighted by atomic mass is 9.93. The van der Waals surface area contributed by atoms with Gasteiger partial charge in [0.15, 0.2) is 0 Å². The number of hydrogen-bond acceptors (Lipinski definition) is 6. The summed E-state index contributed by atoms with van der Waals surface area (Å²) in [7, 11) is 0. The predicted octanol–water partition coefficient (Wildman–Crippen LogP) is 3.83. The maximum absolute atomic E-state index is 6.48. The van der Waals surface area contributed by atoms with Gasteiger partial charge in [0.2, 0.25) is 5.88 Å². The summed E-state index contributed by atoms with van der Waals surface area (Å²) in [6.07, 6.45) is 12.1. The minimum absolute atomic E-state index is 0.184. The van der Waals surface area contributed by atoms with Gasteiger partial charge in [-0.1, -0.05) is 0 Å². The van der Waals surface area contributed by atoms with Gasteiger partial charge in [-0.3, -0.25) is 4.98 Å². The van der Waals surface area contributed by atoms with Crippen LogP contribution in [0.2, 0.25) is 0 Å². The van der Waals surface area contributed by atoms with Crippen molar-refractivity contribution in [2.45, 2.75) is 37.8 Å². The Hall–Kier alpha value is -1.94. The zero-order valence-electron chi connectivity index (χ0n) is 16.2. The van der Waals surface area contributed by atoms with E-state index in [1.54, 1.807) is 0 Å². The van der Waals surface area contributed by atoms with Crippen LogP contribution in [0.3, 0.4) is 0 Å². The van der Waals surface area contributed by atoms with Crippen molar-refractivity contribution < 1.29 is 9.47 Å². The molecule has 5 rings (SSSR count). The molecule has 0 radical (unpaired) electrons. The minimum atomic E-state index is 0.184. The first kappa shape index (κ1) is 19.0. The molecule has 0 unspecified atom stereocenters. The lowest BCUT2D eigenvalue weighted by Crippen LogP contribution is -2.36. The molecule has 29 heavy (non-hydrogen) atoms. The van der Waals surface area contributed by atoms with Crippen molar-refractivity contribution in [3.8, 4) is 5.88 Å². The van der Waals surface area contributed by atoms with Gasteiger partial charge in [0.25, 0.3) is 0 Å². The van der Waals surface area contributed by atoms with Gasteiger partial charge in [0.1, 0.15) is 11.9 Å². The topological polar surface area (TPSA) is 65.3 Å². The molecule has 1 aliphatic carbocycles. The van der Waals surface area contributed by atoms with E-state index in [1.807, 2.05) is 18.7 Å². The monoisotopic (exact) mass is 505 g/mol. The van der Waals surface area contributed by atoms with E-state index < -0.39 is 0 Å². The molecule has 0 N–H and O–H groups in total. The molecule has 0 bridgehead atoms. The molecule has 152 valence electrons. The van der Waals surface area contributed by atoms with Gasteiger partial charge in [-0.05, 0) is 54.3 Å². The summed E-state index contributed by atoms with van der Waals surface area (Å²) in [6, 6.07) is 4.70. The standard InChI is InChI=1S/C21H24IN5O2/c22-15-11-18-19(24-13-15)12-20(26-7-9-28-10-8-26)25-21(18)29-17-3-1-16(2-4-17)27-6-5-23-14-27/h5-6,11-14,16-17H,1-4,7-10H2. The summed E-state index contributed by atoms with van der Waals surface area (Å²) < 4.78 is 15.3. The number of rotatable bonds is 4. The molecule has 2 fully saturated rings. The molecule has 4 heterocycles. The Kier molecular flexibility index (Phi) is 5.54. The number of morpholine rings is 1. The molecule has 0 spiro atoms. The molecule has 0 amide bonds. The van der Waals surface area contributed by atoms with E-state index >= 15 is 0 Å². The number of anilines is 1. The Labute approximate surface area is 183 Å². The zero-order valence-corrected chi connectivity index (χ0v) is 18.4. The number of halogens is 1. The fraction of sp³-hybridized carbons (Fsp3) is 0.476. The molecule has 1 saturated carbocycles. The number of pyridine rings is 2. The number of aromatic nitrogens is 4. The van der Waals surface area contributed by atoms with Crippen LogP contribution in [0.5, 0.6) is 5.88 Å². The average Bonchev–Trinajstić information content (AvgIpc) is 3.30. The Morgan fingerprint density at radius 2 is 1.93 bits per heavy atom. The van der Waals surface area contributed by atoms with Crippen molar-refractivity contribution >= 4 is 39.3 Å². The third-order valence-corrected chi connectivity index (χ3v) is 6.39. The number of nitrogens with zero attached hydrogens (tertiary/aromatic N) is 5. The molecule has 7 nitrogen and oxygen atoms in total. The lowest BCUT2D eigenvalue weighted by Gasteiger charge is -2.31. The van der Waals surface area contributed by atoms with E-state index in [-0.39, 0.29) is 6.10 Å². The second kappa shape index (κ2) is 8.43. The highest BCUT2D eigenvalue weighted by atomic mass is 127. The van der Waals surface area contributed by atoms with Crippen molar-refractivity contribution in [1.29, 1.82) is 0 Å². The van der Waals surface area contributed by atoms with Crippen LogP contribution in [0, 0.1) is 3.57 Å². The van der Waals surface area contributed by atoms with Gasteiger partial charge in [0, 0.05) is 47.4 Å². The molecule has 3 aromatic heterocycles. The van der Waals surface area contributed by atoms with E-state index in [0.717, 1.165) is 72.3 Å². The molecule has 1 saturated heterocycles. The SMILES string of the molecule is Ic1cnc2cc(N3CCOCC3)nc(OC3CCC(n4ccnc4)CC3)c2c1. The van der Waals surface area contributed by atoms with Gasteiger partial charge in [-0.2, -0.15) is 4.98 Å². The van der Waals surface area contributed by atoms with Gasteiger partial charge < -0.3 is 18.9 Å². The Morgan fingerprint density at radius 1 is 1.10 bits per heavy atom. The second-order valence-electron chi connectivity index (χ2n) is 7.66. The van der Waals surface area contributed by atoms with Gasteiger partial charge in [0.05, 0.1) is 30.4 Å². The van der Waals surface area contributed by atoms with E-state index in [0.29, 0.717) is 11.9 Å². The van der Waals surface area contributed by atoms with E-state index in [1.165, 1.54) is 0 Å². The first-order valence-corrected chi connectivity index (χ1v) is 11.3. The molecule has 8 heteroatoms. The second-order valence-corrected chi connectivity index (χ2v) is 8.91. The first-order valence-electron chi connectivity index (χ1n) is 10.2. The van der Waals surface area contributed by atoms with Crippen molar-refractivity contribution in [2.75, 3.05) is 31.2 Å². The first-order chi connectivity index (χ1) is 14.3. The van der Waals surface area contributed by atoms with Gasteiger partial charge >= 0.3 is 0 Å². The molecule has 0 atom stereocenters. The molecular formula is C21H24IN5O2.